The van der Waals surface area contributed by atoms with E-state index >= 15 is 0 Å². The van der Waals surface area contributed by atoms with Gasteiger partial charge in [0.25, 0.3) is 5.56 Å². The molecule has 0 radical (unpaired) electrons. The second kappa shape index (κ2) is 8.53. The van der Waals surface area contributed by atoms with Crippen molar-refractivity contribution in [1.29, 1.82) is 0 Å². The van der Waals surface area contributed by atoms with Crippen LogP contribution in [0.1, 0.15) is 39.5 Å². The summed E-state index contributed by atoms with van der Waals surface area (Å²) in [4.78, 5) is 24.3. The Morgan fingerprint density at radius 3 is 2.92 bits per heavy atom. The van der Waals surface area contributed by atoms with Gasteiger partial charge in [-0.05, 0) is 48.3 Å². The Morgan fingerprint density at radius 2 is 2.25 bits per heavy atom. The molecule has 1 aromatic heterocycles. The molecule has 0 aliphatic carbocycles. The van der Waals surface area contributed by atoms with Crippen molar-refractivity contribution in [2.45, 2.75) is 52.4 Å². The van der Waals surface area contributed by atoms with Gasteiger partial charge in [0, 0.05) is 30.8 Å². The summed E-state index contributed by atoms with van der Waals surface area (Å²) in [5.74, 6) is -0.479. The monoisotopic (exact) mass is 451 g/mol. The van der Waals surface area contributed by atoms with Gasteiger partial charge in [-0.3, -0.25) is 9.59 Å². The summed E-state index contributed by atoms with van der Waals surface area (Å²) in [5, 5.41) is 0. The lowest BCUT2D eigenvalue weighted by atomic mass is 9.84. The highest BCUT2D eigenvalue weighted by Crippen LogP contribution is 2.24. The number of carbonyl (C=O) groups excluding carboxylic acids is 1. The molecule has 0 bridgehead atoms. The third kappa shape index (κ3) is 5.35. The highest BCUT2D eigenvalue weighted by molar-refractivity contribution is 14.1. The lowest BCUT2D eigenvalue weighted by Gasteiger charge is -2.26. The number of ether oxygens (including phenoxy) is 2. The largest absolute Gasteiger partial charge is 0.353 e. The van der Waals surface area contributed by atoms with Crippen LogP contribution < -0.4 is 5.56 Å². The molecule has 0 N–H and O–H groups in total. The van der Waals surface area contributed by atoms with Crippen molar-refractivity contribution in [2.75, 3.05) is 13.2 Å². The van der Waals surface area contributed by atoms with E-state index in [4.69, 9.17) is 9.47 Å². The lowest BCUT2D eigenvalue weighted by molar-refractivity contribution is -0.173. The van der Waals surface area contributed by atoms with Crippen molar-refractivity contribution in [3.63, 3.8) is 0 Å². The first kappa shape index (κ1) is 19.5. The number of Topliss-reactive ketones (excluding diaryl/α,β-unsaturated/α-hetero) is 1. The minimum absolute atomic E-state index is 0.00633. The van der Waals surface area contributed by atoms with Crippen molar-refractivity contribution >= 4 is 28.4 Å². The summed E-state index contributed by atoms with van der Waals surface area (Å²) < 4.78 is 26.2. The first-order valence-corrected chi connectivity index (χ1v) is 9.19. The van der Waals surface area contributed by atoms with Crippen LogP contribution >= 0.6 is 22.6 Å². The van der Waals surface area contributed by atoms with Crippen LogP contribution in [0.5, 0.6) is 0 Å². The summed E-state index contributed by atoms with van der Waals surface area (Å²) in [6.45, 7) is 4.57. The Morgan fingerprint density at radius 1 is 1.50 bits per heavy atom. The molecule has 1 unspecified atom stereocenters. The third-order valence-electron chi connectivity index (χ3n) is 4.30. The number of halogens is 2. The number of carbonyl (C=O) groups is 1. The van der Waals surface area contributed by atoms with Gasteiger partial charge in [-0.25, -0.2) is 4.39 Å². The number of hydrogen-bond donors (Lipinski definition) is 0. The molecule has 2 rings (SSSR count). The minimum atomic E-state index is -0.659. The van der Waals surface area contributed by atoms with Crippen LogP contribution in [-0.2, 0) is 20.8 Å². The molecule has 1 aromatic rings. The van der Waals surface area contributed by atoms with Crippen molar-refractivity contribution < 1.29 is 18.7 Å². The molecule has 1 aliphatic rings. The molecule has 5 nitrogen and oxygen atoms in total. The van der Waals surface area contributed by atoms with Crippen LogP contribution in [0.4, 0.5) is 4.39 Å². The normalized spacial score (nSPS) is 18.6. The topological polar surface area (TPSA) is 57.5 Å². The van der Waals surface area contributed by atoms with Crippen molar-refractivity contribution in [2.24, 2.45) is 5.41 Å². The molecule has 0 amide bonds. The Balaban J connectivity index is 1.89. The zero-order valence-corrected chi connectivity index (χ0v) is 16.2. The molecule has 2 heterocycles. The van der Waals surface area contributed by atoms with Crippen molar-refractivity contribution in [3.05, 3.63) is 32.0 Å². The fraction of sp³-hybridized carbons (Fsp3) is 0.647. The van der Waals surface area contributed by atoms with E-state index in [9.17, 15) is 14.0 Å². The summed E-state index contributed by atoms with van der Waals surface area (Å²) >= 11 is 1.78. The SMILES string of the molecule is CC(C)(CCn1cc(F)c(I)cc1=O)C(=O)COC1CCCCO1. The highest BCUT2D eigenvalue weighted by atomic mass is 127. The van der Waals surface area contributed by atoms with E-state index in [1.807, 2.05) is 13.8 Å². The van der Waals surface area contributed by atoms with E-state index in [1.54, 1.807) is 22.6 Å². The number of hydrogen-bond acceptors (Lipinski definition) is 4. The minimum Gasteiger partial charge on any atom is -0.353 e. The van der Waals surface area contributed by atoms with Crippen molar-refractivity contribution in [3.8, 4) is 0 Å². The summed E-state index contributed by atoms with van der Waals surface area (Å²) in [7, 11) is 0. The van der Waals surface area contributed by atoms with Gasteiger partial charge in [-0.2, -0.15) is 0 Å². The van der Waals surface area contributed by atoms with E-state index < -0.39 is 11.2 Å². The van der Waals surface area contributed by atoms with Crippen LogP contribution in [-0.4, -0.2) is 29.9 Å². The molecule has 0 saturated carbocycles. The molecule has 1 aliphatic heterocycles. The van der Waals surface area contributed by atoms with Gasteiger partial charge in [-0.1, -0.05) is 13.8 Å². The van der Waals surface area contributed by atoms with Gasteiger partial charge >= 0.3 is 0 Å². The van der Waals surface area contributed by atoms with Crippen molar-refractivity contribution in [1.82, 2.24) is 4.57 Å². The summed E-state index contributed by atoms with van der Waals surface area (Å²) in [6, 6.07) is 1.26. The lowest BCUT2D eigenvalue weighted by Crippen LogP contribution is -2.34. The number of aromatic nitrogens is 1. The van der Waals surface area contributed by atoms with E-state index in [1.165, 1.54) is 16.8 Å². The Labute approximate surface area is 154 Å². The van der Waals surface area contributed by atoms with Crippen LogP contribution in [0.15, 0.2) is 17.1 Å². The average Bonchev–Trinajstić information content (AvgIpc) is 2.55. The van der Waals surface area contributed by atoms with Crippen LogP contribution in [0.2, 0.25) is 0 Å². The maximum absolute atomic E-state index is 13.6. The zero-order chi connectivity index (χ0) is 17.7. The fourth-order valence-corrected chi connectivity index (χ4v) is 2.85. The standard InChI is InChI=1S/C17H23FINO4/c1-17(2,14(21)11-24-16-5-3-4-8-23-16)6-7-20-10-12(18)13(19)9-15(20)22/h9-10,16H,3-8,11H2,1-2H3. The fourth-order valence-electron chi connectivity index (χ4n) is 2.44. The van der Waals surface area contributed by atoms with E-state index in [2.05, 4.69) is 0 Å². The molecule has 1 fully saturated rings. The first-order valence-electron chi connectivity index (χ1n) is 8.11. The summed E-state index contributed by atoms with van der Waals surface area (Å²) in [5.41, 5.74) is -0.927. The quantitative estimate of drug-likeness (QED) is 0.598. The predicted molar refractivity (Wildman–Crippen MR) is 96.3 cm³/mol. The molecule has 7 heteroatoms. The zero-order valence-electron chi connectivity index (χ0n) is 14.0. The maximum atomic E-state index is 13.6. The number of rotatable bonds is 7. The Kier molecular flexibility index (Phi) is 6.94. The second-order valence-corrected chi connectivity index (χ2v) is 7.83. The van der Waals surface area contributed by atoms with E-state index in [0.717, 1.165) is 19.3 Å². The third-order valence-corrected chi connectivity index (χ3v) is 5.13. The number of pyridine rings is 1. The first-order chi connectivity index (χ1) is 11.3. The molecule has 1 atom stereocenters. The van der Waals surface area contributed by atoms with E-state index in [0.29, 0.717) is 16.6 Å². The predicted octanol–water partition coefficient (Wildman–Crippen LogP) is 3.12. The highest BCUT2D eigenvalue weighted by Gasteiger charge is 2.28. The molecule has 134 valence electrons. The maximum Gasteiger partial charge on any atom is 0.251 e. The van der Waals surface area contributed by atoms with Crippen LogP contribution in [0, 0.1) is 14.8 Å². The van der Waals surface area contributed by atoms with Gasteiger partial charge in [0.15, 0.2) is 17.9 Å². The van der Waals surface area contributed by atoms with Gasteiger partial charge < -0.3 is 14.0 Å². The molecule has 0 aromatic carbocycles. The van der Waals surface area contributed by atoms with Crippen LogP contribution in [0.3, 0.4) is 0 Å². The Hall–Kier alpha value is -0.800. The molecule has 1 saturated heterocycles. The average molecular weight is 451 g/mol. The van der Waals surface area contributed by atoms with E-state index in [-0.39, 0.29) is 30.8 Å². The number of ketones is 1. The Bertz CT molecular complexity index is 638. The molecule has 24 heavy (non-hydrogen) atoms. The molecule has 0 spiro atoms. The number of nitrogens with zero attached hydrogens (tertiary/aromatic N) is 1. The van der Waals surface area contributed by atoms with Gasteiger partial charge in [0.2, 0.25) is 0 Å². The van der Waals surface area contributed by atoms with Gasteiger partial charge in [0.05, 0.1) is 3.57 Å². The van der Waals surface area contributed by atoms with Gasteiger partial charge in [-0.15, -0.1) is 0 Å². The summed E-state index contributed by atoms with van der Waals surface area (Å²) in [6.07, 6.45) is 4.21. The number of aryl methyl sites for hydroxylation is 1. The van der Waals surface area contributed by atoms with Gasteiger partial charge in [0.1, 0.15) is 6.61 Å². The van der Waals surface area contributed by atoms with Crippen LogP contribution in [0.25, 0.3) is 0 Å². The second-order valence-electron chi connectivity index (χ2n) is 6.67. The smallest absolute Gasteiger partial charge is 0.251 e. The molecular formula is C17H23FINO4. The molecular weight excluding hydrogens is 428 g/mol.